The van der Waals surface area contributed by atoms with Crippen molar-refractivity contribution in [3.63, 3.8) is 0 Å². The van der Waals surface area contributed by atoms with Crippen molar-refractivity contribution >= 4 is 27.5 Å². The number of sulfonamides is 1. The summed E-state index contributed by atoms with van der Waals surface area (Å²) in [5, 5.41) is 2.73. The van der Waals surface area contributed by atoms with Crippen molar-refractivity contribution < 1.29 is 22.4 Å². The van der Waals surface area contributed by atoms with Gasteiger partial charge < -0.3 is 10.2 Å². The van der Waals surface area contributed by atoms with Gasteiger partial charge in [-0.3, -0.25) is 13.9 Å². The zero-order valence-electron chi connectivity index (χ0n) is 19.8. The first-order valence-corrected chi connectivity index (χ1v) is 12.7. The van der Waals surface area contributed by atoms with Crippen molar-refractivity contribution in [2.24, 2.45) is 0 Å². The van der Waals surface area contributed by atoms with Crippen LogP contribution in [-0.4, -0.2) is 50.5 Å². The van der Waals surface area contributed by atoms with Gasteiger partial charge in [0.1, 0.15) is 18.4 Å². The van der Waals surface area contributed by atoms with Gasteiger partial charge >= 0.3 is 0 Å². The lowest BCUT2D eigenvalue weighted by Crippen LogP contribution is -2.52. The highest BCUT2D eigenvalue weighted by Gasteiger charge is 2.31. The van der Waals surface area contributed by atoms with Crippen molar-refractivity contribution in [1.29, 1.82) is 0 Å². The fourth-order valence-electron chi connectivity index (χ4n) is 3.58. The van der Waals surface area contributed by atoms with Crippen LogP contribution >= 0.6 is 0 Å². The van der Waals surface area contributed by atoms with Crippen LogP contribution in [0.4, 0.5) is 10.1 Å². The molecule has 0 bridgehead atoms. The number of hydrogen-bond acceptors (Lipinski definition) is 4. The van der Waals surface area contributed by atoms with Gasteiger partial charge in [0.05, 0.1) is 11.9 Å². The molecule has 33 heavy (non-hydrogen) atoms. The monoisotopic (exact) mass is 477 g/mol. The molecule has 2 aromatic rings. The Labute approximate surface area is 195 Å². The van der Waals surface area contributed by atoms with E-state index in [1.54, 1.807) is 45.0 Å². The molecule has 0 aliphatic heterocycles. The zero-order chi connectivity index (χ0) is 24.8. The Kier molecular flexibility index (Phi) is 8.99. The van der Waals surface area contributed by atoms with Crippen LogP contribution in [-0.2, 0) is 26.2 Å². The smallest absolute Gasteiger partial charge is 0.244 e. The number of rotatable bonds is 10. The molecule has 0 aliphatic carbocycles. The van der Waals surface area contributed by atoms with Gasteiger partial charge in [-0.05, 0) is 62.1 Å². The number of anilines is 1. The molecule has 1 N–H and O–H groups in total. The third-order valence-electron chi connectivity index (χ3n) is 5.32. The Morgan fingerprint density at radius 2 is 1.70 bits per heavy atom. The van der Waals surface area contributed by atoms with Crippen LogP contribution in [0, 0.1) is 19.7 Å². The average Bonchev–Trinajstić information content (AvgIpc) is 2.74. The summed E-state index contributed by atoms with van der Waals surface area (Å²) in [5.74, 6) is -1.26. The maximum absolute atomic E-state index is 13.5. The molecule has 7 nitrogen and oxygen atoms in total. The van der Waals surface area contributed by atoms with Crippen LogP contribution in [0.2, 0.25) is 0 Å². The van der Waals surface area contributed by atoms with Crippen LogP contribution in [0.25, 0.3) is 0 Å². The maximum atomic E-state index is 13.5. The summed E-state index contributed by atoms with van der Waals surface area (Å²) in [4.78, 5) is 27.6. The van der Waals surface area contributed by atoms with E-state index in [1.165, 1.54) is 17.0 Å². The standard InChI is InChI=1S/C24H32FN3O4S/c1-6-21(24(30)26-7-2)27(15-19-10-12-20(25)13-11-19)23(29)16-28(33(5,31)32)22-14-17(3)8-9-18(22)4/h8-14,21H,6-7,15-16H2,1-5H3,(H,26,30)/t21-/m1/s1. The molecular formula is C24H32FN3O4S. The predicted octanol–water partition coefficient (Wildman–Crippen LogP) is 3.15. The molecule has 0 unspecified atom stereocenters. The number of aryl methyl sites for hydroxylation is 2. The average molecular weight is 478 g/mol. The number of benzene rings is 2. The van der Waals surface area contributed by atoms with Gasteiger partial charge in [-0.1, -0.05) is 31.2 Å². The molecule has 0 radical (unpaired) electrons. The Morgan fingerprint density at radius 3 is 2.24 bits per heavy atom. The van der Waals surface area contributed by atoms with E-state index in [0.29, 0.717) is 29.8 Å². The molecule has 0 heterocycles. The van der Waals surface area contributed by atoms with Gasteiger partial charge in [-0.2, -0.15) is 0 Å². The SMILES string of the molecule is CCNC(=O)[C@@H](CC)N(Cc1ccc(F)cc1)C(=O)CN(c1cc(C)ccc1C)S(C)(=O)=O. The number of nitrogens with zero attached hydrogens (tertiary/aromatic N) is 2. The van der Waals surface area contributed by atoms with Crippen LogP contribution < -0.4 is 9.62 Å². The quantitative estimate of drug-likeness (QED) is 0.570. The summed E-state index contributed by atoms with van der Waals surface area (Å²) in [5.41, 5.74) is 2.61. The summed E-state index contributed by atoms with van der Waals surface area (Å²) in [6, 6.07) is 10.2. The van der Waals surface area contributed by atoms with E-state index in [4.69, 9.17) is 0 Å². The second-order valence-corrected chi connectivity index (χ2v) is 9.93. The predicted molar refractivity (Wildman–Crippen MR) is 128 cm³/mol. The van der Waals surface area contributed by atoms with Gasteiger partial charge in [0, 0.05) is 13.1 Å². The fourth-order valence-corrected chi connectivity index (χ4v) is 4.48. The van der Waals surface area contributed by atoms with E-state index in [1.807, 2.05) is 13.0 Å². The van der Waals surface area contributed by atoms with Gasteiger partial charge in [-0.25, -0.2) is 12.8 Å². The van der Waals surface area contributed by atoms with Crippen LogP contribution in [0.15, 0.2) is 42.5 Å². The van der Waals surface area contributed by atoms with E-state index in [0.717, 1.165) is 16.1 Å². The highest BCUT2D eigenvalue weighted by Crippen LogP contribution is 2.25. The largest absolute Gasteiger partial charge is 0.355 e. The first-order chi connectivity index (χ1) is 15.5. The van der Waals surface area contributed by atoms with Crippen molar-refractivity contribution in [3.05, 3.63) is 65.0 Å². The molecule has 180 valence electrons. The normalized spacial score (nSPS) is 12.2. The van der Waals surface area contributed by atoms with Gasteiger partial charge in [-0.15, -0.1) is 0 Å². The molecule has 2 amide bonds. The third-order valence-corrected chi connectivity index (χ3v) is 6.44. The highest BCUT2D eigenvalue weighted by atomic mass is 32.2. The summed E-state index contributed by atoms with van der Waals surface area (Å²) in [6.07, 6.45) is 1.38. The van der Waals surface area contributed by atoms with Crippen molar-refractivity contribution in [2.75, 3.05) is 23.7 Å². The Balaban J connectivity index is 2.46. The van der Waals surface area contributed by atoms with E-state index in [-0.39, 0.29) is 12.5 Å². The van der Waals surface area contributed by atoms with Gasteiger partial charge in [0.15, 0.2) is 0 Å². The molecular weight excluding hydrogens is 445 g/mol. The Hall–Kier alpha value is -2.94. The minimum absolute atomic E-state index is 0.0408. The molecule has 0 saturated heterocycles. The molecule has 0 spiro atoms. The van der Waals surface area contributed by atoms with E-state index < -0.39 is 34.3 Å². The summed E-state index contributed by atoms with van der Waals surface area (Å²) in [6.45, 7) is 7.16. The Morgan fingerprint density at radius 1 is 1.06 bits per heavy atom. The summed E-state index contributed by atoms with van der Waals surface area (Å²) >= 11 is 0. The molecule has 0 saturated carbocycles. The van der Waals surface area contributed by atoms with Crippen LogP contribution in [0.5, 0.6) is 0 Å². The summed E-state index contributed by atoms with van der Waals surface area (Å²) < 4.78 is 39.8. The summed E-state index contributed by atoms with van der Waals surface area (Å²) in [7, 11) is -3.79. The van der Waals surface area contributed by atoms with E-state index in [2.05, 4.69) is 5.32 Å². The van der Waals surface area contributed by atoms with E-state index in [9.17, 15) is 22.4 Å². The number of hydrogen-bond donors (Lipinski definition) is 1. The first-order valence-electron chi connectivity index (χ1n) is 10.8. The van der Waals surface area contributed by atoms with Crippen LogP contribution in [0.1, 0.15) is 37.0 Å². The molecule has 2 rings (SSSR count). The number of carbonyl (C=O) groups excluding carboxylic acids is 2. The molecule has 2 aromatic carbocycles. The fraction of sp³-hybridized carbons (Fsp3) is 0.417. The molecule has 9 heteroatoms. The third kappa shape index (κ3) is 7.02. The maximum Gasteiger partial charge on any atom is 0.244 e. The number of carbonyl (C=O) groups is 2. The Bertz CT molecular complexity index is 1090. The number of nitrogens with one attached hydrogen (secondary N) is 1. The van der Waals surface area contributed by atoms with Crippen molar-refractivity contribution in [2.45, 2.75) is 46.7 Å². The van der Waals surface area contributed by atoms with E-state index >= 15 is 0 Å². The van der Waals surface area contributed by atoms with Crippen molar-refractivity contribution in [3.8, 4) is 0 Å². The number of halogens is 1. The first kappa shape index (κ1) is 26.3. The van der Waals surface area contributed by atoms with Gasteiger partial charge in [0.2, 0.25) is 21.8 Å². The van der Waals surface area contributed by atoms with Crippen molar-refractivity contribution in [1.82, 2.24) is 10.2 Å². The highest BCUT2D eigenvalue weighted by molar-refractivity contribution is 7.92. The minimum Gasteiger partial charge on any atom is -0.355 e. The lowest BCUT2D eigenvalue weighted by Gasteiger charge is -2.33. The molecule has 0 fully saturated rings. The minimum atomic E-state index is -3.79. The molecule has 0 aliphatic rings. The number of likely N-dealkylation sites (N-methyl/N-ethyl adjacent to an activating group) is 1. The molecule has 1 atom stereocenters. The lowest BCUT2D eigenvalue weighted by molar-refractivity contribution is -0.140. The topological polar surface area (TPSA) is 86.8 Å². The lowest BCUT2D eigenvalue weighted by atomic mass is 10.1. The van der Waals surface area contributed by atoms with Crippen LogP contribution in [0.3, 0.4) is 0 Å². The second-order valence-electron chi connectivity index (χ2n) is 8.03. The molecule has 0 aromatic heterocycles. The number of amides is 2. The zero-order valence-corrected chi connectivity index (χ0v) is 20.6. The second kappa shape index (κ2) is 11.3. The van der Waals surface area contributed by atoms with Gasteiger partial charge in [0.25, 0.3) is 0 Å².